The Balaban J connectivity index is 2.05. The van der Waals surface area contributed by atoms with Gasteiger partial charge in [-0.2, -0.15) is 0 Å². The van der Waals surface area contributed by atoms with Crippen LogP contribution in [-0.2, 0) is 4.84 Å². The minimum Gasteiger partial charge on any atom is -0.381 e. The molecule has 0 radical (unpaired) electrons. The van der Waals surface area contributed by atoms with E-state index in [0.717, 1.165) is 0 Å². The number of nitrogens with zero attached hydrogens (tertiary/aromatic N) is 5. The van der Waals surface area contributed by atoms with Gasteiger partial charge in [-0.25, -0.2) is 18.7 Å². The third-order valence-corrected chi connectivity index (χ3v) is 3.28. The lowest BCUT2D eigenvalue weighted by Crippen LogP contribution is -2.21. The average molecular weight is 294 g/mol. The molecule has 21 heavy (non-hydrogen) atoms. The highest BCUT2D eigenvalue weighted by Gasteiger charge is 2.26. The van der Waals surface area contributed by atoms with Gasteiger partial charge in [-0.15, -0.1) is 10.0 Å². The van der Waals surface area contributed by atoms with Crippen molar-refractivity contribution in [3.05, 3.63) is 22.7 Å². The maximum atomic E-state index is 13.3. The van der Waals surface area contributed by atoms with Crippen LogP contribution in [0.3, 0.4) is 0 Å². The first-order chi connectivity index (χ1) is 10.1. The molecule has 0 amide bonds. The fourth-order valence-corrected chi connectivity index (χ4v) is 2.31. The molecule has 1 aliphatic rings. The molecule has 0 saturated carbocycles. The Kier molecular flexibility index (Phi) is 3.12. The normalized spacial score (nSPS) is 18.1. The number of fused-ring (bicyclic) bond motifs is 1. The second kappa shape index (κ2) is 4.96. The summed E-state index contributed by atoms with van der Waals surface area (Å²) in [4.78, 5) is 31.7. The first-order valence-corrected chi connectivity index (χ1v) is 6.18. The number of nitrogens with two attached hydrogens (primary N) is 1. The third-order valence-electron chi connectivity index (χ3n) is 3.28. The molecule has 3 heterocycles. The van der Waals surface area contributed by atoms with E-state index in [1.165, 1.54) is 4.52 Å². The number of hydrogen-bond donors (Lipinski definition) is 1. The summed E-state index contributed by atoms with van der Waals surface area (Å²) in [6.07, 6.45) is 1.07. The van der Waals surface area contributed by atoms with Gasteiger partial charge in [0.05, 0.1) is 6.54 Å². The van der Waals surface area contributed by atoms with Crippen molar-refractivity contribution in [2.24, 2.45) is 5.34 Å². The summed E-state index contributed by atoms with van der Waals surface area (Å²) in [7, 11) is 0. The average Bonchev–Trinajstić information content (AvgIpc) is 3.00. The highest BCUT2D eigenvalue weighted by atomic mass is 19.1. The molecule has 1 atom stereocenters. The van der Waals surface area contributed by atoms with Crippen LogP contribution in [0.15, 0.2) is 17.6 Å². The molecular weight excluding hydrogens is 283 g/mol. The lowest BCUT2D eigenvalue weighted by atomic mass is 10.3. The predicted molar refractivity (Wildman–Crippen MR) is 70.3 cm³/mol. The molecule has 2 aromatic rings. The van der Waals surface area contributed by atoms with Gasteiger partial charge < -0.3 is 10.6 Å². The maximum Gasteiger partial charge on any atom is 0.376 e. The van der Waals surface area contributed by atoms with Crippen molar-refractivity contribution < 1.29 is 14.0 Å². The largest absolute Gasteiger partial charge is 0.381 e. The van der Waals surface area contributed by atoms with Crippen LogP contribution in [0.5, 0.6) is 0 Å². The van der Waals surface area contributed by atoms with Gasteiger partial charge in [0, 0.05) is 12.7 Å². The Morgan fingerprint density at radius 3 is 3.05 bits per heavy atom. The van der Waals surface area contributed by atoms with Gasteiger partial charge in [0.15, 0.2) is 22.4 Å². The molecule has 2 N–H and O–H groups in total. The van der Waals surface area contributed by atoms with E-state index in [9.17, 15) is 14.1 Å². The van der Waals surface area contributed by atoms with Crippen molar-refractivity contribution >= 4 is 23.3 Å². The quantitative estimate of drug-likeness (QED) is 0.654. The Labute approximate surface area is 117 Å². The summed E-state index contributed by atoms with van der Waals surface area (Å²) in [6.45, 7) is 0.770. The molecule has 10 heteroatoms. The van der Waals surface area contributed by atoms with Gasteiger partial charge in [-0.1, -0.05) is 0 Å². The molecule has 0 aliphatic carbocycles. The zero-order chi connectivity index (χ0) is 15.0. The van der Waals surface area contributed by atoms with Gasteiger partial charge in [0.2, 0.25) is 0 Å². The SMILES string of the molecule is Nc1nn2ccc(N3CCC(F)C3)nc2c1C(=O)ON=O. The van der Waals surface area contributed by atoms with Crippen molar-refractivity contribution in [3.8, 4) is 0 Å². The fraction of sp³-hybridized carbons (Fsp3) is 0.364. The number of rotatable bonds is 3. The lowest BCUT2D eigenvalue weighted by Gasteiger charge is -2.15. The first-order valence-electron chi connectivity index (χ1n) is 6.18. The van der Waals surface area contributed by atoms with E-state index in [2.05, 4.69) is 20.3 Å². The van der Waals surface area contributed by atoms with Gasteiger partial charge >= 0.3 is 5.97 Å². The lowest BCUT2D eigenvalue weighted by molar-refractivity contribution is 0.0511. The molecule has 1 fully saturated rings. The molecule has 9 nitrogen and oxygen atoms in total. The van der Waals surface area contributed by atoms with Gasteiger partial charge in [0.25, 0.3) is 0 Å². The molecule has 110 valence electrons. The zero-order valence-electron chi connectivity index (χ0n) is 10.8. The summed E-state index contributed by atoms with van der Waals surface area (Å²) in [6, 6.07) is 1.64. The molecule has 0 aromatic carbocycles. The summed E-state index contributed by atoms with van der Waals surface area (Å²) in [5.74, 6) is -0.666. The van der Waals surface area contributed by atoms with Crippen molar-refractivity contribution in [1.29, 1.82) is 0 Å². The van der Waals surface area contributed by atoms with Crippen molar-refractivity contribution in [2.45, 2.75) is 12.6 Å². The minimum atomic E-state index is -1.04. The Morgan fingerprint density at radius 2 is 2.38 bits per heavy atom. The Hall–Kier alpha value is -2.78. The van der Waals surface area contributed by atoms with Crippen LogP contribution in [0.25, 0.3) is 5.65 Å². The van der Waals surface area contributed by atoms with Crippen LogP contribution < -0.4 is 10.6 Å². The molecule has 2 aromatic heterocycles. The third kappa shape index (κ3) is 2.24. The van der Waals surface area contributed by atoms with E-state index in [4.69, 9.17) is 5.73 Å². The predicted octanol–water partition coefficient (Wildman–Crippen LogP) is 0.698. The number of hydrogen-bond acceptors (Lipinski definition) is 8. The van der Waals surface area contributed by atoms with Crippen LogP contribution >= 0.6 is 0 Å². The highest BCUT2D eigenvalue weighted by Crippen LogP contribution is 2.23. The second-order valence-electron chi connectivity index (χ2n) is 4.60. The van der Waals surface area contributed by atoms with E-state index >= 15 is 0 Å². The van der Waals surface area contributed by atoms with E-state index in [-0.39, 0.29) is 23.6 Å². The fourth-order valence-electron chi connectivity index (χ4n) is 2.31. The molecule has 0 spiro atoms. The van der Waals surface area contributed by atoms with Crippen LogP contribution in [0.2, 0.25) is 0 Å². The van der Waals surface area contributed by atoms with Gasteiger partial charge in [-0.3, -0.25) is 4.84 Å². The smallest absolute Gasteiger partial charge is 0.376 e. The summed E-state index contributed by atoms with van der Waals surface area (Å²) >= 11 is 0. The molecule has 3 rings (SSSR count). The van der Waals surface area contributed by atoms with E-state index in [1.807, 2.05) is 0 Å². The van der Waals surface area contributed by atoms with E-state index in [0.29, 0.717) is 18.8 Å². The minimum absolute atomic E-state index is 0.126. The number of carbonyl (C=O) groups excluding carboxylic acids is 1. The second-order valence-corrected chi connectivity index (χ2v) is 4.60. The molecule has 0 bridgehead atoms. The number of carbonyl (C=O) groups is 1. The number of anilines is 2. The number of aromatic nitrogens is 3. The monoisotopic (exact) mass is 294 g/mol. The zero-order valence-corrected chi connectivity index (χ0v) is 10.8. The summed E-state index contributed by atoms with van der Waals surface area (Å²) < 4.78 is 14.5. The maximum absolute atomic E-state index is 13.3. The molecule has 1 saturated heterocycles. The Bertz CT molecular complexity index is 717. The summed E-state index contributed by atoms with van der Waals surface area (Å²) in [5.41, 5.74) is 5.60. The molecule has 1 aliphatic heterocycles. The number of halogens is 1. The topological polar surface area (TPSA) is 115 Å². The molecular formula is C11H11FN6O3. The van der Waals surface area contributed by atoms with Crippen LogP contribution in [0.4, 0.5) is 16.0 Å². The highest BCUT2D eigenvalue weighted by molar-refractivity contribution is 6.00. The van der Waals surface area contributed by atoms with Gasteiger partial charge in [0.1, 0.15) is 12.0 Å². The van der Waals surface area contributed by atoms with E-state index in [1.54, 1.807) is 17.2 Å². The Morgan fingerprint density at radius 1 is 1.57 bits per heavy atom. The van der Waals surface area contributed by atoms with Crippen molar-refractivity contribution in [2.75, 3.05) is 23.7 Å². The summed E-state index contributed by atoms with van der Waals surface area (Å²) in [5, 5.41) is 5.96. The number of nitrogen functional groups attached to an aromatic ring is 1. The van der Waals surface area contributed by atoms with Crippen LogP contribution in [0.1, 0.15) is 16.8 Å². The molecule has 1 unspecified atom stereocenters. The van der Waals surface area contributed by atoms with E-state index < -0.39 is 12.1 Å². The van der Waals surface area contributed by atoms with Crippen molar-refractivity contribution in [1.82, 2.24) is 14.6 Å². The van der Waals surface area contributed by atoms with Crippen LogP contribution in [-0.4, -0.2) is 39.8 Å². The van der Waals surface area contributed by atoms with Crippen molar-refractivity contribution in [3.63, 3.8) is 0 Å². The van der Waals surface area contributed by atoms with Gasteiger partial charge in [-0.05, 0) is 12.5 Å². The van der Waals surface area contributed by atoms with Crippen LogP contribution in [0, 0.1) is 4.91 Å². The first kappa shape index (κ1) is 13.2. The number of alkyl halides is 1. The standard InChI is InChI=1S/C11H11FN6O3/c12-6-1-3-17(5-6)7-2-4-18-10(14-7)8(9(13)15-18)11(19)21-16-20/h2,4,6H,1,3,5H2,(H2,13,15).